The van der Waals surface area contributed by atoms with Crippen LogP contribution in [0.1, 0.15) is 100.0 Å². The van der Waals surface area contributed by atoms with E-state index in [0.717, 1.165) is 5.56 Å². The van der Waals surface area contributed by atoms with Gasteiger partial charge in [0.05, 0.1) is 6.04 Å². The molecule has 0 aliphatic carbocycles. The van der Waals surface area contributed by atoms with Gasteiger partial charge >= 0.3 is 23.9 Å². The fourth-order valence-electron chi connectivity index (χ4n) is 4.03. The summed E-state index contributed by atoms with van der Waals surface area (Å²) in [5.41, 5.74) is 4.66. The van der Waals surface area contributed by atoms with E-state index >= 15 is 0 Å². The molecular formula is C33H54N4O8. The highest BCUT2D eigenvalue weighted by Crippen LogP contribution is 2.15. The lowest BCUT2D eigenvalue weighted by Crippen LogP contribution is -2.53. The third-order valence-electron chi connectivity index (χ3n) is 5.90. The maximum absolute atomic E-state index is 13.1. The Bertz CT molecular complexity index is 1120. The van der Waals surface area contributed by atoms with Crippen LogP contribution in [-0.2, 0) is 39.8 Å². The number of nitrogens with one attached hydrogen (secondary N) is 3. The molecule has 0 aliphatic heterocycles. The monoisotopic (exact) mass is 634 g/mol. The van der Waals surface area contributed by atoms with Crippen LogP contribution in [0.15, 0.2) is 30.3 Å². The molecule has 0 saturated carbocycles. The molecule has 0 aliphatic rings. The Morgan fingerprint density at radius 1 is 0.711 bits per heavy atom. The minimum atomic E-state index is -1.17. The largest absolute Gasteiger partial charge is 0.460 e. The first-order valence-corrected chi connectivity index (χ1v) is 15.5. The van der Waals surface area contributed by atoms with Crippen molar-refractivity contribution in [2.45, 2.75) is 136 Å². The zero-order valence-electron chi connectivity index (χ0n) is 28.4. The van der Waals surface area contributed by atoms with Gasteiger partial charge in [-0.1, -0.05) is 30.3 Å². The fourth-order valence-corrected chi connectivity index (χ4v) is 4.03. The Hall–Kier alpha value is -3.67. The number of rotatable bonds is 15. The number of urea groups is 1. The first-order chi connectivity index (χ1) is 20.6. The Kier molecular flexibility index (Phi) is 15.5. The number of carbonyl (C=O) groups is 5. The van der Waals surface area contributed by atoms with Crippen LogP contribution in [0.3, 0.4) is 0 Å². The van der Waals surface area contributed by atoms with Gasteiger partial charge in [-0.15, -0.1) is 0 Å². The lowest BCUT2D eigenvalue weighted by atomic mass is 10.1. The van der Waals surface area contributed by atoms with Crippen LogP contribution in [0, 0.1) is 0 Å². The summed E-state index contributed by atoms with van der Waals surface area (Å²) in [6.07, 6.45) is 1.39. The van der Waals surface area contributed by atoms with Crippen molar-refractivity contribution in [3.63, 3.8) is 0 Å². The van der Waals surface area contributed by atoms with Crippen LogP contribution in [0.2, 0.25) is 0 Å². The third kappa shape index (κ3) is 18.7. The topological polar surface area (TPSA) is 175 Å². The van der Waals surface area contributed by atoms with Gasteiger partial charge in [0.1, 0.15) is 28.9 Å². The Labute approximate surface area is 267 Å². The number of esters is 3. The molecule has 0 saturated heterocycles. The SMILES string of the molecule is CC(C)(C)OC(=O)CC[C@H](NC(=O)N[C@@H](CCCCNC(=O)[C@@H](N)Cc1ccccc1)C(=O)OC(C)(C)C)C(=O)OC(C)(C)C. The van der Waals surface area contributed by atoms with Crippen molar-refractivity contribution in [1.29, 1.82) is 0 Å². The molecule has 3 amide bonds. The molecule has 1 aromatic carbocycles. The minimum Gasteiger partial charge on any atom is -0.460 e. The van der Waals surface area contributed by atoms with Crippen molar-refractivity contribution in [3.8, 4) is 0 Å². The van der Waals surface area contributed by atoms with Crippen molar-refractivity contribution in [1.82, 2.24) is 16.0 Å². The number of nitrogens with two attached hydrogens (primary N) is 1. The molecule has 254 valence electrons. The van der Waals surface area contributed by atoms with E-state index in [1.807, 2.05) is 30.3 Å². The Morgan fingerprint density at radius 3 is 1.69 bits per heavy atom. The van der Waals surface area contributed by atoms with Crippen LogP contribution in [0.4, 0.5) is 4.79 Å². The number of benzene rings is 1. The summed E-state index contributed by atoms with van der Waals surface area (Å²) < 4.78 is 16.3. The molecule has 5 N–H and O–H groups in total. The van der Waals surface area contributed by atoms with Crippen molar-refractivity contribution >= 4 is 29.8 Å². The summed E-state index contributed by atoms with van der Waals surface area (Å²) in [7, 11) is 0. The average molecular weight is 635 g/mol. The normalized spacial score (nSPS) is 13.9. The van der Waals surface area contributed by atoms with Crippen LogP contribution in [-0.4, -0.2) is 71.3 Å². The number of hydrogen-bond donors (Lipinski definition) is 4. The lowest BCUT2D eigenvalue weighted by molar-refractivity contribution is -0.159. The van der Waals surface area contributed by atoms with Crippen molar-refractivity contribution in [2.75, 3.05) is 6.54 Å². The van der Waals surface area contributed by atoms with Crippen LogP contribution in [0.25, 0.3) is 0 Å². The van der Waals surface area contributed by atoms with Gasteiger partial charge in [-0.3, -0.25) is 9.59 Å². The molecule has 3 atom stereocenters. The quantitative estimate of drug-likeness (QED) is 0.127. The Balaban J connectivity index is 2.81. The molecular weight excluding hydrogens is 580 g/mol. The standard InChI is InChI=1S/C33H54N4O8/c1-31(2,3)43-26(38)19-18-25(29(41)45-33(7,8)9)37-30(42)36-24(28(40)44-32(4,5)6)17-13-14-20-35-27(39)23(34)21-22-15-11-10-12-16-22/h10-12,15-16,23-25H,13-14,17-21,34H2,1-9H3,(H,35,39)(H2,36,37,42)/t23-,24-,25-/m0/s1. The van der Waals surface area contributed by atoms with E-state index in [9.17, 15) is 24.0 Å². The van der Waals surface area contributed by atoms with Gasteiger partial charge in [0.15, 0.2) is 0 Å². The summed E-state index contributed by atoms with van der Waals surface area (Å²) in [5.74, 6) is -2.18. The second-order valence-electron chi connectivity index (χ2n) is 14.0. The van der Waals surface area contributed by atoms with Gasteiger partial charge in [-0.2, -0.15) is 0 Å². The average Bonchev–Trinajstić information content (AvgIpc) is 2.87. The van der Waals surface area contributed by atoms with Crippen molar-refractivity contribution < 1.29 is 38.2 Å². The molecule has 0 radical (unpaired) electrons. The maximum Gasteiger partial charge on any atom is 0.329 e. The molecule has 45 heavy (non-hydrogen) atoms. The molecule has 0 spiro atoms. The maximum atomic E-state index is 13.1. The van der Waals surface area contributed by atoms with E-state index in [0.29, 0.717) is 25.8 Å². The predicted molar refractivity (Wildman–Crippen MR) is 171 cm³/mol. The molecule has 12 nitrogen and oxygen atoms in total. The second-order valence-corrected chi connectivity index (χ2v) is 14.0. The zero-order chi connectivity index (χ0) is 34.4. The van der Waals surface area contributed by atoms with E-state index in [1.165, 1.54) is 0 Å². The summed E-state index contributed by atoms with van der Waals surface area (Å²) in [5, 5.41) is 7.96. The molecule has 1 aromatic rings. The number of amides is 3. The molecule has 0 aromatic heterocycles. The van der Waals surface area contributed by atoms with Gasteiger partial charge in [0.2, 0.25) is 5.91 Å². The van der Waals surface area contributed by atoms with Gasteiger partial charge in [0.25, 0.3) is 0 Å². The molecule has 0 bridgehead atoms. The molecule has 0 unspecified atom stereocenters. The Morgan fingerprint density at radius 2 is 1.20 bits per heavy atom. The third-order valence-corrected chi connectivity index (χ3v) is 5.90. The first-order valence-electron chi connectivity index (χ1n) is 15.5. The first kappa shape index (κ1) is 39.4. The van der Waals surface area contributed by atoms with Crippen molar-refractivity contribution in [2.24, 2.45) is 5.73 Å². The number of carbonyl (C=O) groups excluding carboxylic acids is 5. The van der Waals surface area contributed by atoms with Gasteiger partial charge in [0, 0.05) is 13.0 Å². The van der Waals surface area contributed by atoms with E-state index in [1.54, 1.807) is 62.3 Å². The number of hydrogen-bond acceptors (Lipinski definition) is 9. The van der Waals surface area contributed by atoms with Gasteiger partial charge in [-0.25, -0.2) is 14.4 Å². The van der Waals surface area contributed by atoms with Crippen LogP contribution < -0.4 is 21.7 Å². The van der Waals surface area contributed by atoms with E-state index < -0.39 is 58.9 Å². The number of unbranched alkanes of at least 4 members (excludes halogenated alkanes) is 1. The van der Waals surface area contributed by atoms with Gasteiger partial charge in [-0.05, 0) is 100.0 Å². The van der Waals surface area contributed by atoms with Crippen LogP contribution in [0.5, 0.6) is 0 Å². The van der Waals surface area contributed by atoms with Gasteiger partial charge < -0.3 is 35.9 Å². The van der Waals surface area contributed by atoms with E-state index in [2.05, 4.69) is 16.0 Å². The molecule has 0 fully saturated rings. The highest BCUT2D eigenvalue weighted by molar-refractivity contribution is 5.87. The molecule has 1 rings (SSSR count). The summed E-state index contributed by atoms with van der Waals surface area (Å²) >= 11 is 0. The summed E-state index contributed by atoms with van der Waals surface area (Å²) in [6.45, 7) is 15.7. The highest BCUT2D eigenvalue weighted by atomic mass is 16.6. The number of ether oxygens (including phenoxy) is 3. The second kappa shape index (κ2) is 17.7. The predicted octanol–water partition coefficient (Wildman–Crippen LogP) is 3.68. The smallest absolute Gasteiger partial charge is 0.329 e. The molecule has 0 heterocycles. The van der Waals surface area contributed by atoms with E-state index in [-0.39, 0.29) is 25.2 Å². The molecule has 12 heteroatoms. The van der Waals surface area contributed by atoms with E-state index in [4.69, 9.17) is 19.9 Å². The highest BCUT2D eigenvalue weighted by Gasteiger charge is 2.31. The lowest BCUT2D eigenvalue weighted by Gasteiger charge is -2.27. The van der Waals surface area contributed by atoms with Crippen LogP contribution >= 0.6 is 0 Å². The summed E-state index contributed by atoms with van der Waals surface area (Å²) in [6, 6.07) is 5.77. The fraction of sp³-hybridized carbons (Fsp3) is 0.667. The van der Waals surface area contributed by atoms with Crippen molar-refractivity contribution in [3.05, 3.63) is 35.9 Å². The summed E-state index contributed by atoms with van der Waals surface area (Å²) in [4.78, 5) is 63.6. The minimum absolute atomic E-state index is 0.0690. The zero-order valence-corrected chi connectivity index (χ0v) is 28.4.